The SMILES string of the molecule is O=S(=O)(NCc1cccc(O)c1)c1ccccc1. The molecule has 2 rings (SSSR count). The van der Waals surface area contributed by atoms with Crippen LogP contribution in [0.1, 0.15) is 5.56 Å². The predicted octanol–water partition coefficient (Wildman–Crippen LogP) is 1.87. The monoisotopic (exact) mass is 263 g/mol. The van der Waals surface area contributed by atoms with Gasteiger partial charge < -0.3 is 5.11 Å². The zero-order valence-corrected chi connectivity index (χ0v) is 10.4. The lowest BCUT2D eigenvalue weighted by atomic mass is 10.2. The normalized spacial score (nSPS) is 11.3. The molecule has 0 aliphatic rings. The van der Waals surface area contributed by atoms with Gasteiger partial charge in [-0.05, 0) is 29.8 Å². The zero-order chi connectivity index (χ0) is 13.0. The van der Waals surface area contributed by atoms with Crippen molar-refractivity contribution in [2.75, 3.05) is 0 Å². The van der Waals surface area contributed by atoms with Crippen molar-refractivity contribution in [1.29, 1.82) is 0 Å². The smallest absolute Gasteiger partial charge is 0.240 e. The Morgan fingerprint density at radius 1 is 1.00 bits per heavy atom. The van der Waals surface area contributed by atoms with E-state index in [9.17, 15) is 13.5 Å². The van der Waals surface area contributed by atoms with E-state index in [0.29, 0.717) is 5.56 Å². The third-order valence-corrected chi connectivity index (χ3v) is 3.85. The van der Waals surface area contributed by atoms with Gasteiger partial charge in [-0.3, -0.25) is 0 Å². The van der Waals surface area contributed by atoms with Crippen LogP contribution < -0.4 is 4.72 Å². The van der Waals surface area contributed by atoms with Crippen LogP contribution in [0.5, 0.6) is 5.75 Å². The lowest BCUT2D eigenvalue weighted by Gasteiger charge is -2.06. The molecule has 0 bridgehead atoms. The number of phenols is 1. The summed E-state index contributed by atoms with van der Waals surface area (Å²) in [6.07, 6.45) is 0. The molecule has 0 fully saturated rings. The van der Waals surface area contributed by atoms with Gasteiger partial charge in [-0.2, -0.15) is 0 Å². The first-order valence-corrected chi connectivity index (χ1v) is 6.89. The van der Waals surface area contributed by atoms with Gasteiger partial charge in [-0.25, -0.2) is 13.1 Å². The molecule has 0 amide bonds. The number of hydrogen-bond donors (Lipinski definition) is 2. The quantitative estimate of drug-likeness (QED) is 0.885. The van der Waals surface area contributed by atoms with Gasteiger partial charge in [-0.1, -0.05) is 30.3 Å². The Morgan fingerprint density at radius 2 is 1.72 bits per heavy atom. The van der Waals surface area contributed by atoms with Crippen LogP contribution in [0.4, 0.5) is 0 Å². The van der Waals surface area contributed by atoms with Crippen molar-refractivity contribution >= 4 is 10.0 Å². The van der Waals surface area contributed by atoms with Crippen molar-refractivity contribution in [3.05, 3.63) is 60.2 Å². The number of rotatable bonds is 4. The fourth-order valence-corrected chi connectivity index (χ4v) is 2.57. The molecule has 0 atom stereocenters. The molecule has 0 radical (unpaired) electrons. The summed E-state index contributed by atoms with van der Waals surface area (Å²) >= 11 is 0. The second-order valence-corrected chi connectivity index (χ2v) is 5.57. The molecule has 2 aromatic carbocycles. The van der Waals surface area contributed by atoms with Gasteiger partial charge in [0, 0.05) is 6.54 Å². The molecule has 4 nitrogen and oxygen atoms in total. The van der Waals surface area contributed by atoms with Crippen LogP contribution in [0.3, 0.4) is 0 Å². The second-order valence-electron chi connectivity index (χ2n) is 3.81. The number of hydrogen-bond acceptors (Lipinski definition) is 3. The van der Waals surface area contributed by atoms with Crippen LogP contribution in [-0.2, 0) is 16.6 Å². The maximum Gasteiger partial charge on any atom is 0.240 e. The first kappa shape index (κ1) is 12.6. The van der Waals surface area contributed by atoms with Gasteiger partial charge in [0.1, 0.15) is 5.75 Å². The second kappa shape index (κ2) is 5.20. The van der Waals surface area contributed by atoms with Crippen LogP contribution in [0.15, 0.2) is 59.5 Å². The van der Waals surface area contributed by atoms with E-state index in [0.717, 1.165) is 0 Å². The summed E-state index contributed by atoms with van der Waals surface area (Å²) in [6, 6.07) is 14.6. The lowest BCUT2D eigenvalue weighted by Crippen LogP contribution is -2.23. The maximum atomic E-state index is 11.9. The summed E-state index contributed by atoms with van der Waals surface area (Å²) in [5.74, 6) is 0.117. The molecule has 18 heavy (non-hydrogen) atoms. The summed E-state index contributed by atoms with van der Waals surface area (Å²) in [6.45, 7) is 0.144. The topological polar surface area (TPSA) is 66.4 Å². The van der Waals surface area contributed by atoms with E-state index >= 15 is 0 Å². The molecule has 0 aliphatic heterocycles. The molecule has 2 aromatic rings. The van der Waals surface area contributed by atoms with Gasteiger partial charge in [0.05, 0.1) is 4.90 Å². The van der Waals surface area contributed by atoms with Gasteiger partial charge >= 0.3 is 0 Å². The third kappa shape index (κ3) is 3.09. The van der Waals surface area contributed by atoms with E-state index in [2.05, 4.69) is 4.72 Å². The van der Waals surface area contributed by atoms with Crippen LogP contribution in [0, 0.1) is 0 Å². The Balaban J connectivity index is 2.11. The van der Waals surface area contributed by atoms with E-state index < -0.39 is 10.0 Å². The van der Waals surface area contributed by atoms with Crippen LogP contribution in [0.2, 0.25) is 0 Å². The lowest BCUT2D eigenvalue weighted by molar-refractivity contribution is 0.474. The summed E-state index contributed by atoms with van der Waals surface area (Å²) < 4.78 is 26.3. The Morgan fingerprint density at radius 3 is 2.39 bits per heavy atom. The fraction of sp³-hybridized carbons (Fsp3) is 0.0769. The standard InChI is InChI=1S/C13H13NO3S/c15-12-6-4-5-11(9-12)10-14-18(16,17)13-7-2-1-3-8-13/h1-9,14-15H,10H2. The molecule has 0 saturated heterocycles. The first-order valence-electron chi connectivity index (χ1n) is 5.40. The minimum absolute atomic E-state index is 0.117. The molecule has 0 aromatic heterocycles. The molecular formula is C13H13NO3S. The van der Waals surface area contributed by atoms with Crippen molar-refractivity contribution in [2.45, 2.75) is 11.4 Å². The number of aromatic hydroxyl groups is 1. The van der Waals surface area contributed by atoms with E-state index in [4.69, 9.17) is 0 Å². The van der Waals surface area contributed by atoms with Crippen molar-refractivity contribution in [3.63, 3.8) is 0 Å². The molecule has 94 valence electrons. The maximum absolute atomic E-state index is 11.9. The number of nitrogens with one attached hydrogen (secondary N) is 1. The first-order chi connectivity index (χ1) is 8.58. The minimum Gasteiger partial charge on any atom is -0.508 e. The average molecular weight is 263 g/mol. The molecule has 0 heterocycles. The Bertz CT molecular complexity index is 624. The highest BCUT2D eigenvalue weighted by Crippen LogP contribution is 2.12. The van der Waals surface area contributed by atoms with Crippen LogP contribution in [-0.4, -0.2) is 13.5 Å². The molecule has 5 heteroatoms. The van der Waals surface area contributed by atoms with E-state index in [-0.39, 0.29) is 17.2 Å². The largest absolute Gasteiger partial charge is 0.508 e. The fourth-order valence-electron chi connectivity index (χ4n) is 1.53. The number of phenolic OH excluding ortho intramolecular Hbond substituents is 1. The van der Waals surface area contributed by atoms with Crippen LogP contribution in [0.25, 0.3) is 0 Å². The number of sulfonamides is 1. The van der Waals surface area contributed by atoms with Gasteiger partial charge in [0.25, 0.3) is 0 Å². The van der Waals surface area contributed by atoms with E-state index in [1.165, 1.54) is 24.3 Å². The third-order valence-electron chi connectivity index (χ3n) is 2.43. The minimum atomic E-state index is -3.50. The Labute approximate surface area is 106 Å². The number of benzene rings is 2. The van der Waals surface area contributed by atoms with E-state index in [1.807, 2.05) is 0 Å². The summed E-state index contributed by atoms with van der Waals surface area (Å²) in [4.78, 5) is 0.227. The van der Waals surface area contributed by atoms with Crippen molar-refractivity contribution in [2.24, 2.45) is 0 Å². The summed E-state index contributed by atoms with van der Waals surface area (Å²) in [5, 5.41) is 9.28. The zero-order valence-electron chi connectivity index (χ0n) is 9.58. The molecule has 2 N–H and O–H groups in total. The van der Waals surface area contributed by atoms with Crippen molar-refractivity contribution < 1.29 is 13.5 Å². The highest BCUT2D eigenvalue weighted by Gasteiger charge is 2.12. The highest BCUT2D eigenvalue weighted by atomic mass is 32.2. The average Bonchev–Trinajstić information content (AvgIpc) is 2.38. The molecule has 0 unspecified atom stereocenters. The van der Waals surface area contributed by atoms with E-state index in [1.54, 1.807) is 30.3 Å². The van der Waals surface area contributed by atoms with Crippen molar-refractivity contribution in [3.8, 4) is 5.75 Å². The molecule has 0 spiro atoms. The van der Waals surface area contributed by atoms with Crippen LogP contribution >= 0.6 is 0 Å². The highest BCUT2D eigenvalue weighted by molar-refractivity contribution is 7.89. The van der Waals surface area contributed by atoms with Gasteiger partial charge in [0.2, 0.25) is 10.0 Å². The van der Waals surface area contributed by atoms with Gasteiger partial charge in [0.15, 0.2) is 0 Å². The van der Waals surface area contributed by atoms with Crippen molar-refractivity contribution in [1.82, 2.24) is 4.72 Å². The summed E-state index contributed by atoms with van der Waals surface area (Å²) in [5.41, 5.74) is 0.703. The Kier molecular flexibility index (Phi) is 3.64. The van der Waals surface area contributed by atoms with Gasteiger partial charge in [-0.15, -0.1) is 0 Å². The Hall–Kier alpha value is -1.85. The summed E-state index contributed by atoms with van der Waals surface area (Å²) in [7, 11) is -3.50. The molecular weight excluding hydrogens is 250 g/mol. The molecule has 0 saturated carbocycles. The molecule has 0 aliphatic carbocycles. The predicted molar refractivity (Wildman–Crippen MR) is 68.6 cm³/mol.